The van der Waals surface area contributed by atoms with Crippen molar-refractivity contribution in [2.45, 2.75) is 18.7 Å². The van der Waals surface area contributed by atoms with Gasteiger partial charge in [-0.1, -0.05) is 18.2 Å². The third-order valence-corrected chi connectivity index (χ3v) is 2.93. The van der Waals surface area contributed by atoms with Crippen molar-refractivity contribution in [3.63, 3.8) is 0 Å². The van der Waals surface area contributed by atoms with Gasteiger partial charge in [-0.2, -0.15) is 13.2 Å². The number of aliphatic hydroxyl groups is 1. The molecule has 0 aliphatic heterocycles. The molecular formula is C14H13F3N2O. The number of alkyl halides is 3. The molecule has 1 heterocycles. The summed E-state index contributed by atoms with van der Waals surface area (Å²) < 4.78 is 37.8. The molecule has 0 saturated carbocycles. The van der Waals surface area contributed by atoms with Crippen molar-refractivity contribution < 1.29 is 18.3 Å². The van der Waals surface area contributed by atoms with Gasteiger partial charge in [0.25, 0.3) is 0 Å². The maximum atomic E-state index is 12.6. The van der Waals surface area contributed by atoms with Crippen LogP contribution < -0.4 is 5.73 Å². The first-order valence-electron chi connectivity index (χ1n) is 5.91. The van der Waals surface area contributed by atoms with Gasteiger partial charge >= 0.3 is 6.18 Å². The van der Waals surface area contributed by atoms with Crippen LogP contribution in [0.25, 0.3) is 0 Å². The van der Waals surface area contributed by atoms with E-state index in [0.717, 1.165) is 12.1 Å². The van der Waals surface area contributed by atoms with E-state index in [1.165, 1.54) is 30.6 Å². The minimum Gasteiger partial charge on any atom is -0.398 e. The molecule has 0 aliphatic rings. The number of hydrogen-bond acceptors (Lipinski definition) is 3. The van der Waals surface area contributed by atoms with Crippen LogP contribution in [0.3, 0.4) is 0 Å². The molecule has 1 aromatic heterocycles. The Morgan fingerprint density at radius 2 is 2.00 bits per heavy atom. The molecule has 1 unspecified atom stereocenters. The molecule has 0 radical (unpaired) electrons. The van der Waals surface area contributed by atoms with E-state index in [4.69, 9.17) is 5.73 Å². The zero-order chi connectivity index (χ0) is 14.8. The fourth-order valence-electron chi connectivity index (χ4n) is 1.90. The van der Waals surface area contributed by atoms with E-state index in [2.05, 4.69) is 4.98 Å². The van der Waals surface area contributed by atoms with Crippen LogP contribution in [0.4, 0.5) is 18.9 Å². The van der Waals surface area contributed by atoms with Crippen LogP contribution in [0.5, 0.6) is 0 Å². The largest absolute Gasteiger partial charge is 0.416 e. The number of benzene rings is 1. The van der Waals surface area contributed by atoms with Gasteiger partial charge in [0.05, 0.1) is 11.7 Å². The second-order valence-corrected chi connectivity index (χ2v) is 4.42. The highest BCUT2D eigenvalue weighted by atomic mass is 19.4. The molecule has 2 aromatic rings. The Kier molecular flexibility index (Phi) is 3.94. The average molecular weight is 282 g/mol. The van der Waals surface area contributed by atoms with Crippen molar-refractivity contribution in [1.82, 2.24) is 4.98 Å². The summed E-state index contributed by atoms with van der Waals surface area (Å²) in [5, 5.41) is 10.0. The number of aromatic nitrogens is 1. The van der Waals surface area contributed by atoms with E-state index in [0.29, 0.717) is 16.8 Å². The van der Waals surface area contributed by atoms with Crippen molar-refractivity contribution in [1.29, 1.82) is 0 Å². The zero-order valence-corrected chi connectivity index (χ0v) is 10.4. The van der Waals surface area contributed by atoms with E-state index >= 15 is 0 Å². The number of pyridine rings is 1. The number of hydrogen-bond donors (Lipinski definition) is 2. The molecule has 2 rings (SSSR count). The minimum absolute atomic E-state index is 0.0415. The van der Waals surface area contributed by atoms with Gasteiger partial charge in [-0.15, -0.1) is 0 Å². The van der Waals surface area contributed by atoms with Crippen LogP contribution in [0, 0.1) is 0 Å². The summed E-state index contributed by atoms with van der Waals surface area (Å²) in [6.07, 6.45) is -2.45. The normalized spacial score (nSPS) is 13.2. The third-order valence-electron chi connectivity index (χ3n) is 2.93. The fraction of sp³-hybridized carbons (Fsp3) is 0.214. The molecule has 0 saturated heterocycles. The molecule has 0 bridgehead atoms. The van der Waals surface area contributed by atoms with Crippen molar-refractivity contribution in [2.24, 2.45) is 0 Å². The number of nitrogen functional groups attached to an aromatic ring is 1. The van der Waals surface area contributed by atoms with E-state index < -0.39 is 17.8 Å². The highest BCUT2D eigenvalue weighted by molar-refractivity contribution is 5.46. The molecule has 0 fully saturated rings. The Bertz CT molecular complexity index is 599. The molecule has 0 amide bonds. The lowest BCUT2D eigenvalue weighted by Gasteiger charge is -2.14. The molecule has 3 N–H and O–H groups in total. The molecule has 106 valence electrons. The summed E-state index contributed by atoms with van der Waals surface area (Å²) >= 11 is 0. The number of nitrogens with zero attached hydrogens (tertiary/aromatic N) is 1. The quantitative estimate of drug-likeness (QED) is 0.910. The summed E-state index contributed by atoms with van der Waals surface area (Å²) in [4.78, 5) is 3.85. The Morgan fingerprint density at radius 1 is 1.25 bits per heavy atom. The summed E-state index contributed by atoms with van der Waals surface area (Å²) in [7, 11) is 0. The minimum atomic E-state index is -4.39. The van der Waals surface area contributed by atoms with Gasteiger partial charge in [0.2, 0.25) is 0 Å². The highest BCUT2D eigenvalue weighted by Crippen LogP contribution is 2.30. The lowest BCUT2D eigenvalue weighted by molar-refractivity contribution is -0.137. The van der Waals surface area contributed by atoms with Crippen LogP contribution >= 0.6 is 0 Å². The summed E-state index contributed by atoms with van der Waals surface area (Å²) in [6.45, 7) is 0. The topological polar surface area (TPSA) is 59.1 Å². The molecule has 0 spiro atoms. The van der Waals surface area contributed by atoms with Crippen LogP contribution in [-0.4, -0.2) is 10.1 Å². The van der Waals surface area contributed by atoms with Crippen LogP contribution in [0.1, 0.15) is 22.8 Å². The van der Waals surface area contributed by atoms with Crippen LogP contribution in [-0.2, 0) is 12.6 Å². The third kappa shape index (κ3) is 3.27. The predicted molar refractivity (Wildman–Crippen MR) is 68.8 cm³/mol. The predicted octanol–water partition coefficient (Wildman–Crippen LogP) is 2.96. The monoisotopic (exact) mass is 282 g/mol. The van der Waals surface area contributed by atoms with E-state index in [9.17, 15) is 18.3 Å². The molecular weight excluding hydrogens is 269 g/mol. The zero-order valence-electron chi connectivity index (χ0n) is 10.4. The van der Waals surface area contributed by atoms with Gasteiger partial charge in [-0.25, -0.2) is 0 Å². The summed E-state index contributed by atoms with van der Waals surface area (Å²) in [6, 6.07) is 6.40. The SMILES string of the molecule is Nc1ccncc1C(O)Cc1cccc(C(F)(F)F)c1. The molecule has 1 atom stereocenters. The maximum Gasteiger partial charge on any atom is 0.416 e. The number of rotatable bonds is 3. The lowest BCUT2D eigenvalue weighted by Crippen LogP contribution is -2.08. The van der Waals surface area contributed by atoms with Gasteiger partial charge in [-0.05, 0) is 17.7 Å². The standard InChI is InChI=1S/C14H13F3N2O/c15-14(16,17)10-3-1-2-9(6-10)7-13(20)11-8-19-5-4-12(11)18/h1-6,8,13,20H,7H2,(H2,18,19). The number of halogens is 3. The molecule has 3 nitrogen and oxygen atoms in total. The first-order chi connectivity index (χ1) is 9.38. The summed E-state index contributed by atoms with van der Waals surface area (Å²) in [5.41, 5.74) is 6.11. The molecule has 0 aliphatic carbocycles. The van der Waals surface area contributed by atoms with Gasteiger partial charge in [0.1, 0.15) is 0 Å². The van der Waals surface area contributed by atoms with Crippen LogP contribution in [0.2, 0.25) is 0 Å². The lowest BCUT2D eigenvalue weighted by atomic mass is 10.00. The summed E-state index contributed by atoms with van der Waals surface area (Å²) in [5.74, 6) is 0. The Hall–Kier alpha value is -2.08. The number of aliphatic hydroxyl groups excluding tert-OH is 1. The first kappa shape index (κ1) is 14.3. The Morgan fingerprint density at radius 3 is 2.65 bits per heavy atom. The number of nitrogens with two attached hydrogens (primary N) is 1. The van der Waals surface area contributed by atoms with E-state index in [-0.39, 0.29) is 6.42 Å². The van der Waals surface area contributed by atoms with Gasteiger partial charge in [0, 0.05) is 30.1 Å². The molecule has 6 heteroatoms. The first-order valence-corrected chi connectivity index (χ1v) is 5.91. The van der Waals surface area contributed by atoms with Crippen molar-refractivity contribution >= 4 is 5.69 Å². The Balaban J connectivity index is 2.20. The van der Waals surface area contributed by atoms with E-state index in [1.54, 1.807) is 0 Å². The second-order valence-electron chi connectivity index (χ2n) is 4.42. The fourth-order valence-corrected chi connectivity index (χ4v) is 1.90. The van der Waals surface area contributed by atoms with Gasteiger partial charge in [0.15, 0.2) is 0 Å². The second kappa shape index (κ2) is 5.50. The van der Waals surface area contributed by atoms with Crippen molar-refractivity contribution in [3.05, 3.63) is 59.4 Å². The molecule has 1 aromatic carbocycles. The van der Waals surface area contributed by atoms with E-state index in [1.807, 2.05) is 0 Å². The van der Waals surface area contributed by atoms with Gasteiger partial charge in [-0.3, -0.25) is 4.98 Å². The maximum absolute atomic E-state index is 12.6. The van der Waals surface area contributed by atoms with Crippen LogP contribution in [0.15, 0.2) is 42.7 Å². The average Bonchev–Trinajstić information content (AvgIpc) is 2.38. The van der Waals surface area contributed by atoms with Gasteiger partial charge < -0.3 is 10.8 Å². The number of anilines is 1. The Labute approximate surface area is 113 Å². The van der Waals surface area contributed by atoms with Crippen molar-refractivity contribution in [3.8, 4) is 0 Å². The smallest absolute Gasteiger partial charge is 0.398 e. The highest BCUT2D eigenvalue weighted by Gasteiger charge is 2.30. The molecule has 20 heavy (non-hydrogen) atoms. The van der Waals surface area contributed by atoms with Crippen molar-refractivity contribution in [2.75, 3.05) is 5.73 Å².